The molecule has 1 aromatic heterocycles. The number of para-hydroxylation sites is 1. The quantitative estimate of drug-likeness (QED) is 0.655. The number of benzene rings is 2. The number of amides is 1. The normalized spacial score (nSPS) is 10.6. The molecule has 1 amide bonds. The van der Waals surface area contributed by atoms with E-state index < -0.39 is 0 Å². The fourth-order valence-corrected chi connectivity index (χ4v) is 2.79. The second-order valence-corrected chi connectivity index (χ2v) is 6.00. The summed E-state index contributed by atoms with van der Waals surface area (Å²) in [6.07, 6.45) is 0. The fourth-order valence-electron chi connectivity index (χ4n) is 2.79. The van der Waals surface area contributed by atoms with Gasteiger partial charge in [-0.1, -0.05) is 29.4 Å². The first-order valence-corrected chi connectivity index (χ1v) is 8.61. The molecule has 0 atom stereocenters. The largest absolute Gasteiger partial charge is 0.489 e. The maximum absolute atomic E-state index is 12.9. The summed E-state index contributed by atoms with van der Waals surface area (Å²) in [6, 6.07) is 16.9. The molecule has 0 aliphatic heterocycles. The standard InChI is InChI=1S/C21H22N2O3/c1-4-23(18-10-6-5-7-11-18)21(24)17-9-8-12-19(13-17)25-14-20-15(2)22-26-16(20)3/h5-13H,4,14H2,1-3H3. The Morgan fingerprint density at radius 3 is 2.54 bits per heavy atom. The fraction of sp³-hybridized carbons (Fsp3) is 0.238. The molecular weight excluding hydrogens is 328 g/mol. The molecule has 0 saturated carbocycles. The van der Waals surface area contributed by atoms with Crippen LogP contribution in [0.15, 0.2) is 59.1 Å². The lowest BCUT2D eigenvalue weighted by molar-refractivity contribution is 0.0988. The van der Waals surface area contributed by atoms with Gasteiger partial charge in [-0.2, -0.15) is 0 Å². The van der Waals surface area contributed by atoms with Crippen LogP contribution >= 0.6 is 0 Å². The molecule has 0 aliphatic carbocycles. The molecule has 0 fully saturated rings. The van der Waals surface area contributed by atoms with Crippen molar-refractivity contribution >= 4 is 11.6 Å². The van der Waals surface area contributed by atoms with Crippen LogP contribution < -0.4 is 9.64 Å². The second-order valence-electron chi connectivity index (χ2n) is 6.00. The molecule has 134 valence electrons. The van der Waals surface area contributed by atoms with Crippen molar-refractivity contribution in [1.82, 2.24) is 5.16 Å². The first-order chi connectivity index (χ1) is 12.6. The van der Waals surface area contributed by atoms with Crippen LogP contribution in [0.1, 0.15) is 34.3 Å². The Bertz CT molecular complexity index is 868. The number of rotatable bonds is 6. The Hall–Kier alpha value is -3.08. The van der Waals surface area contributed by atoms with Crippen molar-refractivity contribution in [2.75, 3.05) is 11.4 Å². The summed E-state index contributed by atoms with van der Waals surface area (Å²) in [6.45, 7) is 6.65. The summed E-state index contributed by atoms with van der Waals surface area (Å²) in [5.74, 6) is 1.33. The van der Waals surface area contributed by atoms with Crippen LogP contribution in [0.25, 0.3) is 0 Å². The number of aryl methyl sites for hydroxylation is 2. The lowest BCUT2D eigenvalue weighted by atomic mass is 10.1. The molecule has 0 radical (unpaired) electrons. The molecule has 3 aromatic rings. The molecule has 5 heteroatoms. The summed E-state index contributed by atoms with van der Waals surface area (Å²) in [5.41, 5.74) is 3.21. The molecule has 5 nitrogen and oxygen atoms in total. The van der Waals surface area contributed by atoms with Crippen LogP contribution in [0.3, 0.4) is 0 Å². The molecule has 0 aliphatic rings. The Morgan fingerprint density at radius 1 is 1.12 bits per heavy atom. The summed E-state index contributed by atoms with van der Waals surface area (Å²) < 4.78 is 11.0. The minimum absolute atomic E-state index is 0.0542. The Kier molecular flexibility index (Phi) is 5.37. The number of aromatic nitrogens is 1. The van der Waals surface area contributed by atoms with Crippen molar-refractivity contribution in [3.63, 3.8) is 0 Å². The molecule has 3 rings (SSSR count). The van der Waals surface area contributed by atoms with Crippen molar-refractivity contribution in [3.05, 3.63) is 77.2 Å². The van der Waals surface area contributed by atoms with Gasteiger partial charge in [-0.15, -0.1) is 0 Å². The van der Waals surface area contributed by atoms with E-state index in [9.17, 15) is 4.79 Å². The first kappa shape index (κ1) is 17.7. The highest BCUT2D eigenvalue weighted by Crippen LogP contribution is 2.21. The van der Waals surface area contributed by atoms with Gasteiger partial charge in [0.05, 0.1) is 11.3 Å². The van der Waals surface area contributed by atoms with E-state index in [2.05, 4.69) is 5.16 Å². The minimum atomic E-state index is -0.0542. The number of hydrogen-bond donors (Lipinski definition) is 0. The lowest BCUT2D eigenvalue weighted by Gasteiger charge is -2.21. The zero-order chi connectivity index (χ0) is 18.5. The average Bonchev–Trinajstić information content (AvgIpc) is 2.99. The summed E-state index contributed by atoms with van der Waals surface area (Å²) in [7, 11) is 0. The number of carbonyl (C=O) groups is 1. The third-order valence-electron chi connectivity index (χ3n) is 4.27. The highest BCUT2D eigenvalue weighted by atomic mass is 16.5. The third kappa shape index (κ3) is 3.77. The molecule has 1 heterocycles. The third-order valence-corrected chi connectivity index (χ3v) is 4.27. The zero-order valence-electron chi connectivity index (χ0n) is 15.2. The topological polar surface area (TPSA) is 55.6 Å². The van der Waals surface area contributed by atoms with Crippen LogP contribution in [0.5, 0.6) is 5.75 Å². The predicted molar refractivity (Wildman–Crippen MR) is 101 cm³/mol. The van der Waals surface area contributed by atoms with Gasteiger partial charge in [0.25, 0.3) is 5.91 Å². The summed E-state index contributed by atoms with van der Waals surface area (Å²) >= 11 is 0. The van der Waals surface area contributed by atoms with Gasteiger partial charge in [0.2, 0.25) is 0 Å². The van der Waals surface area contributed by atoms with Crippen molar-refractivity contribution < 1.29 is 14.1 Å². The van der Waals surface area contributed by atoms with E-state index in [-0.39, 0.29) is 5.91 Å². The zero-order valence-corrected chi connectivity index (χ0v) is 15.2. The number of anilines is 1. The molecule has 0 unspecified atom stereocenters. The first-order valence-electron chi connectivity index (χ1n) is 8.61. The van der Waals surface area contributed by atoms with E-state index in [0.717, 1.165) is 22.7 Å². The van der Waals surface area contributed by atoms with Gasteiger partial charge in [0.1, 0.15) is 18.1 Å². The van der Waals surface area contributed by atoms with Gasteiger partial charge in [-0.3, -0.25) is 4.79 Å². The van der Waals surface area contributed by atoms with Crippen LogP contribution in [0.2, 0.25) is 0 Å². The number of carbonyl (C=O) groups excluding carboxylic acids is 1. The van der Waals surface area contributed by atoms with E-state index >= 15 is 0 Å². The van der Waals surface area contributed by atoms with E-state index in [1.165, 1.54) is 0 Å². The molecule has 0 N–H and O–H groups in total. The average molecular weight is 350 g/mol. The summed E-state index contributed by atoms with van der Waals surface area (Å²) in [5, 5.41) is 3.93. The van der Waals surface area contributed by atoms with Gasteiger partial charge in [-0.05, 0) is 51.1 Å². The monoisotopic (exact) mass is 350 g/mol. The highest BCUT2D eigenvalue weighted by molar-refractivity contribution is 6.06. The number of ether oxygens (including phenoxy) is 1. The van der Waals surface area contributed by atoms with E-state index in [1.54, 1.807) is 17.0 Å². The number of nitrogens with zero attached hydrogens (tertiary/aromatic N) is 2. The molecule has 0 spiro atoms. The van der Waals surface area contributed by atoms with Crippen molar-refractivity contribution in [2.45, 2.75) is 27.4 Å². The van der Waals surface area contributed by atoms with Crippen LogP contribution in [0, 0.1) is 13.8 Å². The number of hydrogen-bond acceptors (Lipinski definition) is 4. The van der Waals surface area contributed by atoms with E-state index in [0.29, 0.717) is 24.5 Å². The van der Waals surface area contributed by atoms with E-state index in [4.69, 9.17) is 9.26 Å². The maximum Gasteiger partial charge on any atom is 0.258 e. The lowest BCUT2D eigenvalue weighted by Crippen LogP contribution is -2.30. The smallest absolute Gasteiger partial charge is 0.258 e. The maximum atomic E-state index is 12.9. The molecule has 26 heavy (non-hydrogen) atoms. The summed E-state index contributed by atoms with van der Waals surface area (Å²) in [4.78, 5) is 14.7. The van der Waals surface area contributed by atoms with Crippen LogP contribution in [0.4, 0.5) is 5.69 Å². The van der Waals surface area contributed by atoms with Crippen molar-refractivity contribution in [2.24, 2.45) is 0 Å². The highest BCUT2D eigenvalue weighted by Gasteiger charge is 2.17. The molecule has 0 bridgehead atoms. The molecular formula is C21H22N2O3. The minimum Gasteiger partial charge on any atom is -0.489 e. The van der Waals surface area contributed by atoms with Gasteiger partial charge < -0.3 is 14.2 Å². The van der Waals surface area contributed by atoms with Crippen LogP contribution in [-0.4, -0.2) is 17.6 Å². The van der Waals surface area contributed by atoms with Crippen LogP contribution in [-0.2, 0) is 6.61 Å². The van der Waals surface area contributed by atoms with Gasteiger partial charge in [0.15, 0.2) is 0 Å². The van der Waals surface area contributed by atoms with Gasteiger partial charge in [-0.25, -0.2) is 0 Å². The van der Waals surface area contributed by atoms with Crippen molar-refractivity contribution in [1.29, 1.82) is 0 Å². The molecule has 0 saturated heterocycles. The van der Waals surface area contributed by atoms with Crippen molar-refractivity contribution in [3.8, 4) is 5.75 Å². The Morgan fingerprint density at radius 2 is 1.88 bits per heavy atom. The molecule has 2 aromatic carbocycles. The predicted octanol–water partition coefficient (Wildman–Crippen LogP) is 4.54. The Labute approximate surface area is 153 Å². The van der Waals surface area contributed by atoms with E-state index in [1.807, 2.05) is 63.2 Å². The Balaban J connectivity index is 1.77. The second kappa shape index (κ2) is 7.87. The SMILES string of the molecule is CCN(C(=O)c1cccc(OCc2c(C)noc2C)c1)c1ccccc1. The van der Waals surface area contributed by atoms with Gasteiger partial charge in [0, 0.05) is 17.8 Å². The van der Waals surface area contributed by atoms with Gasteiger partial charge >= 0.3 is 0 Å².